The van der Waals surface area contributed by atoms with E-state index in [1.54, 1.807) is 0 Å². The van der Waals surface area contributed by atoms with Gasteiger partial charge in [-0.05, 0) is 58.0 Å². The summed E-state index contributed by atoms with van der Waals surface area (Å²) >= 11 is 2.27. The van der Waals surface area contributed by atoms with Gasteiger partial charge in [-0.3, -0.25) is 0 Å². The summed E-state index contributed by atoms with van der Waals surface area (Å²) < 4.78 is 12.2. The molecule has 1 heterocycles. The van der Waals surface area contributed by atoms with Crippen molar-refractivity contribution in [3.63, 3.8) is 0 Å². The Morgan fingerprint density at radius 1 is 1.00 bits per heavy atom. The summed E-state index contributed by atoms with van der Waals surface area (Å²) in [7, 11) is 0. The third-order valence-electron chi connectivity index (χ3n) is 3.29. The Hall–Kier alpha value is -1.27. The molecule has 20 heavy (non-hydrogen) atoms. The van der Waals surface area contributed by atoms with Crippen LogP contribution in [0.5, 0.6) is 11.5 Å². The quantitative estimate of drug-likeness (QED) is 0.828. The van der Waals surface area contributed by atoms with Crippen molar-refractivity contribution < 1.29 is 14.6 Å². The third-order valence-corrected chi connectivity index (χ3v) is 4.01. The summed E-state index contributed by atoms with van der Waals surface area (Å²) in [5, 5.41) is 10.3. The van der Waals surface area contributed by atoms with E-state index in [1.165, 1.54) is 3.57 Å². The van der Waals surface area contributed by atoms with Crippen LogP contribution in [0.4, 0.5) is 0 Å². The van der Waals surface area contributed by atoms with Crippen LogP contribution >= 0.6 is 22.6 Å². The fourth-order valence-electron chi connectivity index (χ4n) is 2.23. The van der Waals surface area contributed by atoms with Crippen LogP contribution in [0.15, 0.2) is 42.5 Å². The molecule has 1 aliphatic heterocycles. The minimum Gasteiger partial charge on any atom is -0.486 e. The molecule has 1 atom stereocenters. The lowest BCUT2D eigenvalue weighted by Gasteiger charge is -2.20. The molecule has 104 valence electrons. The van der Waals surface area contributed by atoms with Crippen LogP contribution in [-0.2, 0) is 6.42 Å². The zero-order chi connectivity index (χ0) is 13.9. The number of halogens is 1. The molecule has 0 spiro atoms. The van der Waals surface area contributed by atoms with E-state index in [1.807, 2.05) is 42.5 Å². The molecule has 3 nitrogen and oxygen atoms in total. The maximum absolute atomic E-state index is 10.3. The molecule has 1 N–H and O–H groups in total. The monoisotopic (exact) mass is 382 g/mol. The number of hydrogen-bond acceptors (Lipinski definition) is 3. The van der Waals surface area contributed by atoms with Gasteiger partial charge in [-0.25, -0.2) is 0 Å². The molecule has 0 aromatic heterocycles. The SMILES string of the molecule is OC(Cc1ccc(I)cc1)c1ccc2c(c1)OCCO2. The van der Waals surface area contributed by atoms with Gasteiger partial charge >= 0.3 is 0 Å². The summed E-state index contributed by atoms with van der Waals surface area (Å²) in [5.41, 5.74) is 1.97. The van der Waals surface area contributed by atoms with E-state index < -0.39 is 6.10 Å². The first-order chi connectivity index (χ1) is 9.72. The van der Waals surface area contributed by atoms with Gasteiger partial charge in [0.1, 0.15) is 13.2 Å². The largest absolute Gasteiger partial charge is 0.486 e. The number of ether oxygens (including phenoxy) is 2. The highest BCUT2D eigenvalue weighted by Crippen LogP contribution is 2.33. The predicted octanol–water partition coefficient (Wildman–Crippen LogP) is 3.34. The number of rotatable bonds is 3. The Kier molecular flexibility index (Phi) is 4.12. The highest BCUT2D eigenvalue weighted by Gasteiger charge is 2.15. The van der Waals surface area contributed by atoms with E-state index in [9.17, 15) is 5.11 Å². The molecule has 1 unspecified atom stereocenters. The minimum atomic E-state index is -0.536. The standard InChI is InChI=1S/C16H15IO3/c17-13-4-1-11(2-5-13)9-14(18)12-3-6-15-16(10-12)20-8-7-19-15/h1-6,10,14,18H,7-9H2. The van der Waals surface area contributed by atoms with Gasteiger partial charge in [0.2, 0.25) is 0 Å². The molecular formula is C16H15IO3. The summed E-state index contributed by atoms with van der Waals surface area (Å²) in [4.78, 5) is 0. The molecule has 0 amide bonds. The summed E-state index contributed by atoms with van der Waals surface area (Å²) in [6, 6.07) is 13.8. The van der Waals surface area contributed by atoms with Gasteiger partial charge in [0.15, 0.2) is 11.5 Å². The van der Waals surface area contributed by atoms with Crippen LogP contribution in [0.3, 0.4) is 0 Å². The van der Waals surface area contributed by atoms with Crippen molar-refractivity contribution in [3.05, 3.63) is 57.2 Å². The van der Waals surface area contributed by atoms with Gasteiger partial charge in [0.05, 0.1) is 6.10 Å². The Bertz CT molecular complexity index is 595. The molecule has 0 fully saturated rings. The lowest BCUT2D eigenvalue weighted by molar-refractivity contribution is 0.164. The molecule has 0 aliphatic carbocycles. The van der Waals surface area contributed by atoms with Crippen molar-refractivity contribution in [2.45, 2.75) is 12.5 Å². The molecule has 2 aromatic carbocycles. The Labute approximate surface area is 131 Å². The van der Waals surface area contributed by atoms with E-state index >= 15 is 0 Å². The first-order valence-corrected chi connectivity index (χ1v) is 7.62. The minimum absolute atomic E-state index is 0.536. The van der Waals surface area contributed by atoms with Crippen molar-refractivity contribution in [1.82, 2.24) is 0 Å². The van der Waals surface area contributed by atoms with E-state index in [2.05, 4.69) is 22.6 Å². The lowest BCUT2D eigenvalue weighted by Crippen LogP contribution is -2.15. The van der Waals surface area contributed by atoms with Crippen LogP contribution in [0.25, 0.3) is 0 Å². The smallest absolute Gasteiger partial charge is 0.161 e. The third kappa shape index (κ3) is 3.07. The molecule has 0 bridgehead atoms. The van der Waals surface area contributed by atoms with Crippen molar-refractivity contribution >= 4 is 22.6 Å². The number of hydrogen-bond donors (Lipinski definition) is 1. The fraction of sp³-hybridized carbons (Fsp3) is 0.250. The molecule has 3 rings (SSSR count). The zero-order valence-corrected chi connectivity index (χ0v) is 13.0. The average molecular weight is 382 g/mol. The topological polar surface area (TPSA) is 38.7 Å². The van der Waals surface area contributed by atoms with E-state index in [0.29, 0.717) is 19.6 Å². The van der Waals surface area contributed by atoms with Crippen LogP contribution < -0.4 is 9.47 Å². The number of aliphatic hydroxyl groups is 1. The molecule has 1 aliphatic rings. The summed E-state index contributed by atoms with van der Waals surface area (Å²) in [6.07, 6.45) is 0.0576. The van der Waals surface area contributed by atoms with Crippen molar-refractivity contribution in [1.29, 1.82) is 0 Å². The average Bonchev–Trinajstić information content (AvgIpc) is 2.49. The maximum Gasteiger partial charge on any atom is 0.161 e. The van der Waals surface area contributed by atoms with Gasteiger partial charge in [-0.2, -0.15) is 0 Å². The van der Waals surface area contributed by atoms with Gasteiger partial charge in [-0.1, -0.05) is 18.2 Å². The highest BCUT2D eigenvalue weighted by molar-refractivity contribution is 14.1. The second kappa shape index (κ2) is 6.01. The number of fused-ring (bicyclic) bond motifs is 1. The lowest BCUT2D eigenvalue weighted by atomic mass is 10.0. The Morgan fingerprint density at radius 2 is 1.70 bits per heavy atom. The second-order valence-electron chi connectivity index (χ2n) is 4.75. The van der Waals surface area contributed by atoms with Gasteiger partial charge in [0, 0.05) is 9.99 Å². The summed E-state index contributed by atoms with van der Waals surface area (Å²) in [5.74, 6) is 1.47. The normalized spacial score (nSPS) is 14.9. The summed E-state index contributed by atoms with van der Waals surface area (Å²) in [6.45, 7) is 1.14. The predicted molar refractivity (Wildman–Crippen MR) is 85.3 cm³/mol. The van der Waals surface area contributed by atoms with Crippen molar-refractivity contribution in [3.8, 4) is 11.5 Å². The Morgan fingerprint density at radius 3 is 2.45 bits per heavy atom. The molecular weight excluding hydrogens is 367 g/mol. The molecule has 0 saturated heterocycles. The van der Waals surface area contributed by atoms with E-state index in [-0.39, 0.29) is 0 Å². The molecule has 0 radical (unpaired) electrons. The van der Waals surface area contributed by atoms with E-state index in [4.69, 9.17) is 9.47 Å². The van der Waals surface area contributed by atoms with Crippen LogP contribution in [-0.4, -0.2) is 18.3 Å². The van der Waals surface area contributed by atoms with Gasteiger partial charge in [0.25, 0.3) is 0 Å². The van der Waals surface area contributed by atoms with E-state index in [0.717, 1.165) is 22.6 Å². The van der Waals surface area contributed by atoms with Crippen molar-refractivity contribution in [2.75, 3.05) is 13.2 Å². The van der Waals surface area contributed by atoms with Gasteiger partial charge < -0.3 is 14.6 Å². The van der Waals surface area contributed by atoms with Crippen LogP contribution in [0, 0.1) is 3.57 Å². The van der Waals surface area contributed by atoms with Crippen LogP contribution in [0.1, 0.15) is 17.2 Å². The fourth-order valence-corrected chi connectivity index (χ4v) is 2.59. The van der Waals surface area contributed by atoms with Gasteiger partial charge in [-0.15, -0.1) is 0 Å². The molecule has 2 aromatic rings. The molecule has 0 saturated carbocycles. The number of benzene rings is 2. The Balaban J connectivity index is 1.76. The second-order valence-corrected chi connectivity index (χ2v) is 6.00. The number of aliphatic hydroxyl groups excluding tert-OH is 1. The highest BCUT2D eigenvalue weighted by atomic mass is 127. The first kappa shape index (κ1) is 13.7. The zero-order valence-electron chi connectivity index (χ0n) is 10.9. The molecule has 4 heteroatoms. The van der Waals surface area contributed by atoms with Crippen LogP contribution in [0.2, 0.25) is 0 Å². The first-order valence-electron chi connectivity index (χ1n) is 6.54. The maximum atomic E-state index is 10.3. The van der Waals surface area contributed by atoms with Crippen molar-refractivity contribution in [2.24, 2.45) is 0 Å².